The number of rotatable bonds is 3. The highest BCUT2D eigenvalue weighted by Crippen LogP contribution is 2.19. The zero-order chi connectivity index (χ0) is 14.7. The van der Waals surface area contributed by atoms with Gasteiger partial charge in [0.25, 0.3) is 5.91 Å². The Morgan fingerprint density at radius 1 is 1.48 bits per heavy atom. The number of pyridine rings is 1. The molecule has 3 rings (SSSR count). The van der Waals surface area contributed by atoms with Crippen molar-refractivity contribution >= 4 is 5.91 Å². The second kappa shape index (κ2) is 5.63. The zero-order valence-corrected chi connectivity index (χ0v) is 11.2. The molecule has 1 atom stereocenters. The van der Waals surface area contributed by atoms with Gasteiger partial charge in [-0.25, -0.2) is 0 Å². The van der Waals surface area contributed by atoms with E-state index in [1.165, 1.54) is 0 Å². The first-order chi connectivity index (χ1) is 10.3. The lowest BCUT2D eigenvalue weighted by atomic mass is 10.2. The summed E-state index contributed by atoms with van der Waals surface area (Å²) in [6, 6.07) is 5.13. The van der Waals surface area contributed by atoms with Crippen molar-refractivity contribution in [3.05, 3.63) is 36.3 Å². The van der Waals surface area contributed by atoms with Crippen LogP contribution in [0.5, 0.6) is 0 Å². The van der Waals surface area contributed by atoms with E-state index in [0.29, 0.717) is 18.8 Å². The van der Waals surface area contributed by atoms with Gasteiger partial charge in [-0.3, -0.25) is 9.78 Å². The van der Waals surface area contributed by atoms with Crippen molar-refractivity contribution in [2.24, 2.45) is 0 Å². The molecule has 1 fully saturated rings. The summed E-state index contributed by atoms with van der Waals surface area (Å²) in [6.45, 7) is 1.21. The molecule has 1 aliphatic heterocycles. The van der Waals surface area contributed by atoms with Crippen LogP contribution in [-0.2, 0) is 0 Å². The lowest BCUT2D eigenvalue weighted by Gasteiger charge is -2.10. The Labute approximate surface area is 121 Å². The molecule has 1 amide bonds. The monoisotopic (exact) mass is 283 g/mol. The topological polar surface area (TPSA) is 95.1 Å². The molecule has 1 N–H and O–H groups in total. The number of likely N-dealkylation sites (tertiary alicyclic amines) is 1. The summed E-state index contributed by atoms with van der Waals surface area (Å²) in [5.41, 5.74) is 1.05. The molecule has 3 heterocycles. The second-order valence-corrected chi connectivity index (χ2v) is 4.82. The maximum atomic E-state index is 12.1. The first-order valence-electron chi connectivity index (χ1n) is 6.59. The van der Waals surface area contributed by atoms with Crippen LogP contribution in [0.15, 0.2) is 35.1 Å². The van der Waals surface area contributed by atoms with E-state index in [1.54, 1.807) is 35.5 Å². The minimum Gasteiger partial charge on any atom is -0.355 e. The van der Waals surface area contributed by atoms with Gasteiger partial charge in [0.1, 0.15) is 0 Å². The highest BCUT2D eigenvalue weighted by atomic mass is 16.5. The van der Waals surface area contributed by atoms with Crippen molar-refractivity contribution in [3.63, 3.8) is 0 Å². The standard InChI is InChI=1S/C14H13N5O2/c15-9-19-6-3-11(8-19)17-14(20)12-7-13(21-18-12)10-1-4-16-5-2-10/h1-2,4-5,7,11H,3,6,8H2,(H,17,20). The van der Waals surface area contributed by atoms with E-state index in [1.807, 2.05) is 0 Å². The molecule has 0 saturated carbocycles. The van der Waals surface area contributed by atoms with E-state index >= 15 is 0 Å². The van der Waals surface area contributed by atoms with E-state index in [0.717, 1.165) is 12.0 Å². The summed E-state index contributed by atoms with van der Waals surface area (Å²) in [4.78, 5) is 17.6. The zero-order valence-electron chi connectivity index (χ0n) is 11.2. The minimum atomic E-state index is -0.288. The average Bonchev–Trinajstić information content (AvgIpc) is 3.17. The summed E-state index contributed by atoms with van der Waals surface area (Å²) in [7, 11) is 0. The molecule has 2 aromatic rings. The fourth-order valence-corrected chi connectivity index (χ4v) is 2.26. The quantitative estimate of drug-likeness (QED) is 0.845. The van der Waals surface area contributed by atoms with E-state index < -0.39 is 0 Å². The van der Waals surface area contributed by atoms with Crippen LogP contribution < -0.4 is 5.32 Å². The van der Waals surface area contributed by atoms with Crippen molar-refractivity contribution in [3.8, 4) is 17.5 Å². The fourth-order valence-electron chi connectivity index (χ4n) is 2.26. The number of nitrogens with zero attached hydrogens (tertiary/aromatic N) is 4. The van der Waals surface area contributed by atoms with E-state index in [2.05, 4.69) is 21.7 Å². The van der Waals surface area contributed by atoms with Crippen LogP contribution in [0, 0.1) is 11.5 Å². The largest absolute Gasteiger partial charge is 0.355 e. The molecular weight excluding hydrogens is 270 g/mol. The molecular formula is C14H13N5O2. The number of nitriles is 1. The summed E-state index contributed by atoms with van der Waals surface area (Å²) in [5, 5.41) is 15.4. The van der Waals surface area contributed by atoms with Gasteiger partial charge in [0.2, 0.25) is 0 Å². The average molecular weight is 283 g/mol. The predicted molar refractivity (Wildman–Crippen MR) is 72.8 cm³/mol. The maximum Gasteiger partial charge on any atom is 0.273 e. The number of carbonyl (C=O) groups excluding carboxylic acids is 1. The molecule has 1 unspecified atom stereocenters. The van der Waals surface area contributed by atoms with Crippen molar-refractivity contribution in [1.29, 1.82) is 5.26 Å². The van der Waals surface area contributed by atoms with Crippen LogP contribution in [0.25, 0.3) is 11.3 Å². The smallest absolute Gasteiger partial charge is 0.273 e. The van der Waals surface area contributed by atoms with Gasteiger partial charge in [0.15, 0.2) is 17.6 Å². The van der Waals surface area contributed by atoms with Gasteiger partial charge in [-0.15, -0.1) is 0 Å². The van der Waals surface area contributed by atoms with Gasteiger partial charge >= 0.3 is 0 Å². The Hall–Kier alpha value is -2.88. The van der Waals surface area contributed by atoms with Crippen LogP contribution in [0.4, 0.5) is 0 Å². The van der Waals surface area contributed by atoms with E-state index in [-0.39, 0.29) is 17.6 Å². The molecule has 0 aromatic carbocycles. The molecule has 0 spiro atoms. The maximum absolute atomic E-state index is 12.1. The number of amides is 1. The van der Waals surface area contributed by atoms with E-state index in [4.69, 9.17) is 9.78 Å². The Kier molecular flexibility index (Phi) is 3.51. The summed E-state index contributed by atoms with van der Waals surface area (Å²) < 4.78 is 5.18. The highest BCUT2D eigenvalue weighted by molar-refractivity contribution is 5.93. The van der Waals surface area contributed by atoms with Gasteiger partial charge < -0.3 is 14.7 Å². The lowest BCUT2D eigenvalue weighted by molar-refractivity contribution is 0.0930. The molecule has 106 valence electrons. The first-order valence-corrected chi connectivity index (χ1v) is 6.59. The van der Waals surface area contributed by atoms with E-state index in [9.17, 15) is 4.79 Å². The molecule has 1 saturated heterocycles. The van der Waals surface area contributed by atoms with Crippen LogP contribution in [0.2, 0.25) is 0 Å². The Bertz CT molecular complexity index is 676. The van der Waals surface area contributed by atoms with Gasteiger partial charge in [0, 0.05) is 43.2 Å². The third-order valence-corrected chi connectivity index (χ3v) is 3.37. The number of nitrogens with one attached hydrogen (secondary N) is 1. The van der Waals surface area contributed by atoms with Gasteiger partial charge in [0.05, 0.1) is 0 Å². The highest BCUT2D eigenvalue weighted by Gasteiger charge is 2.24. The van der Waals surface area contributed by atoms with Crippen LogP contribution in [0.1, 0.15) is 16.9 Å². The van der Waals surface area contributed by atoms with Crippen molar-refractivity contribution < 1.29 is 9.32 Å². The first kappa shape index (κ1) is 13.1. The Balaban J connectivity index is 1.67. The molecule has 7 nitrogen and oxygen atoms in total. The second-order valence-electron chi connectivity index (χ2n) is 4.82. The molecule has 7 heteroatoms. The lowest BCUT2D eigenvalue weighted by Crippen LogP contribution is -2.36. The number of carbonyl (C=O) groups is 1. The van der Waals surface area contributed by atoms with Crippen LogP contribution >= 0.6 is 0 Å². The molecule has 2 aromatic heterocycles. The van der Waals surface area contributed by atoms with Gasteiger partial charge in [-0.05, 0) is 18.6 Å². The van der Waals surface area contributed by atoms with Crippen molar-refractivity contribution in [1.82, 2.24) is 20.4 Å². The fraction of sp³-hybridized carbons (Fsp3) is 0.286. The third-order valence-electron chi connectivity index (χ3n) is 3.37. The van der Waals surface area contributed by atoms with Crippen LogP contribution in [-0.4, -0.2) is 40.1 Å². The Morgan fingerprint density at radius 2 is 2.29 bits per heavy atom. The SMILES string of the molecule is N#CN1CCC(NC(=O)c2cc(-c3ccncc3)on2)C1. The minimum absolute atomic E-state index is 0.0294. The number of aromatic nitrogens is 2. The molecule has 0 radical (unpaired) electrons. The van der Waals surface area contributed by atoms with Crippen molar-refractivity contribution in [2.45, 2.75) is 12.5 Å². The summed E-state index contributed by atoms with van der Waals surface area (Å²) >= 11 is 0. The summed E-state index contributed by atoms with van der Waals surface area (Å²) in [5.74, 6) is 0.233. The number of hydrogen-bond acceptors (Lipinski definition) is 6. The molecule has 0 aliphatic carbocycles. The molecule has 1 aliphatic rings. The van der Waals surface area contributed by atoms with Crippen LogP contribution in [0.3, 0.4) is 0 Å². The molecule has 21 heavy (non-hydrogen) atoms. The molecule has 0 bridgehead atoms. The number of hydrogen-bond donors (Lipinski definition) is 1. The normalized spacial score (nSPS) is 17.5. The third kappa shape index (κ3) is 2.84. The predicted octanol–water partition coefficient (Wildman–Crippen LogP) is 1.02. The van der Waals surface area contributed by atoms with Crippen molar-refractivity contribution in [2.75, 3.05) is 13.1 Å². The van der Waals surface area contributed by atoms with Gasteiger partial charge in [-0.2, -0.15) is 5.26 Å². The Morgan fingerprint density at radius 3 is 3.00 bits per heavy atom. The summed E-state index contributed by atoms with van der Waals surface area (Å²) in [6.07, 6.45) is 6.12. The van der Waals surface area contributed by atoms with Gasteiger partial charge in [-0.1, -0.05) is 5.16 Å².